The van der Waals surface area contributed by atoms with E-state index in [0.717, 1.165) is 12.5 Å². The number of rotatable bonds is 7. The van der Waals surface area contributed by atoms with E-state index in [-0.39, 0.29) is 0 Å². The summed E-state index contributed by atoms with van der Waals surface area (Å²) in [5.74, 6) is 2.58. The second-order valence-electron chi connectivity index (χ2n) is 5.51. The van der Waals surface area contributed by atoms with Gasteiger partial charge in [0.05, 0.1) is 0 Å². The van der Waals surface area contributed by atoms with E-state index in [4.69, 9.17) is 0 Å². The van der Waals surface area contributed by atoms with Crippen LogP contribution in [-0.2, 0) is 0 Å². The summed E-state index contributed by atoms with van der Waals surface area (Å²) in [4.78, 5) is 0. The van der Waals surface area contributed by atoms with Crippen molar-refractivity contribution in [2.75, 3.05) is 18.6 Å². The van der Waals surface area contributed by atoms with E-state index >= 15 is 0 Å². The quantitative estimate of drug-likeness (QED) is 0.781. The fraction of sp³-hybridized carbons (Fsp3) is 0.625. The van der Waals surface area contributed by atoms with Crippen molar-refractivity contribution < 1.29 is 0 Å². The van der Waals surface area contributed by atoms with E-state index in [1.807, 2.05) is 11.8 Å². The summed E-state index contributed by atoms with van der Waals surface area (Å²) >= 11 is 1.92. The van der Waals surface area contributed by atoms with E-state index in [1.54, 1.807) is 0 Å². The Morgan fingerprint density at radius 2 is 1.56 bits per heavy atom. The lowest BCUT2D eigenvalue weighted by atomic mass is 9.99. The van der Waals surface area contributed by atoms with E-state index in [1.165, 1.54) is 16.9 Å². The summed E-state index contributed by atoms with van der Waals surface area (Å²) in [6, 6.07) is 9.46. The summed E-state index contributed by atoms with van der Waals surface area (Å²) in [7, 11) is 0. The predicted molar refractivity (Wildman–Crippen MR) is 84.5 cm³/mol. The zero-order chi connectivity index (χ0) is 13.5. The van der Waals surface area contributed by atoms with Crippen molar-refractivity contribution in [2.24, 2.45) is 5.92 Å². The summed E-state index contributed by atoms with van der Waals surface area (Å²) in [6.45, 7) is 10.1. The molecule has 0 fully saturated rings. The maximum atomic E-state index is 3.62. The lowest BCUT2D eigenvalue weighted by Gasteiger charge is -2.18. The molecule has 0 amide bonds. The molecular formula is C16H27NS. The van der Waals surface area contributed by atoms with Gasteiger partial charge in [-0.2, -0.15) is 11.8 Å². The minimum Gasteiger partial charge on any atom is -0.310 e. The van der Waals surface area contributed by atoms with Gasteiger partial charge < -0.3 is 5.32 Å². The Bertz CT molecular complexity index is 331. The molecule has 18 heavy (non-hydrogen) atoms. The van der Waals surface area contributed by atoms with Crippen molar-refractivity contribution in [2.45, 2.75) is 39.7 Å². The van der Waals surface area contributed by atoms with Crippen LogP contribution in [-0.4, -0.2) is 18.6 Å². The summed E-state index contributed by atoms with van der Waals surface area (Å²) in [6.07, 6.45) is 2.17. The lowest BCUT2D eigenvalue weighted by molar-refractivity contribution is 0.501. The third kappa shape index (κ3) is 5.03. The van der Waals surface area contributed by atoms with Gasteiger partial charge in [0.2, 0.25) is 0 Å². The molecule has 1 N–H and O–H groups in total. The van der Waals surface area contributed by atoms with Gasteiger partial charge in [0, 0.05) is 6.04 Å². The van der Waals surface area contributed by atoms with Crippen molar-refractivity contribution in [3.05, 3.63) is 35.4 Å². The van der Waals surface area contributed by atoms with E-state index in [9.17, 15) is 0 Å². The first-order chi connectivity index (χ1) is 8.54. The van der Waals surface area contributed by atoms with Gasteiger partial charge >= 0.3 is 0 Å². The van der Waals surface area contributed by atoms with Gasteiger partial charge in [-0.15, -0.1) is 0 Å². The molecule has 102 valence electrons. The monoisotopic (exact) mass is 265 g/mol. The Hall–Kier alpha value is -0.470. The Morgan fingerprint density at radius 3 is 2.06 bits per heavy atom. The molecule has 0 radical (unpaired) electrons. The normalized spacial score (nSPS) is 14.8. The van der Waals surface area contributed by atoms with Gasteiger partial charge in [-0.1, -0.05) is 45.0 Å². The largest absolute Gasteiger partial charge is 0.310 e. The van der Waals surface area contributed by atoms with Crippen LogP contribution < -0.4 is 5.32 Å². The van der Waals surface area contributed by atoms with Gasteiger partial charge in [0.15, 0.2) is 0 Å². The number of hydrogen-bond acceptors (Lipinski definition) is 2. The molecule has 0 aliphatic rings. The molecule has 0 bridgehead atoms. The number of hydrogen-bond donors (Lipinski definition) is 1. The first-order valence-electron chi connectivity index (χ1n) is 6.86. The standard InChI is InChI=1S/C16H27NS/c1-12(2)15-6-8-16(9-7-15)14(4)17-10-13(3)11-18-5/h6-9,12-14,17H,10-11H2,1-5H3. The summed E-state index contributed by atoms with van der Waals surface area (Å²) < 4.78 is 0. The SMILES string of the molecule is CSCC(C)CNC(C)c1ccc(C(C)C)cc1. The molecule has 1 aromatic carbocycles. The van der Waals surface area contributed by atoms with Gasteiger partial charge in [0.1, 0.15) is 0 Å². The minimum absolute atomic E-state index is 0.440. The first-order valence-corrected chi connectivity index (χ1v) is 8.26. The summed E-state index contributed by atoms with van der Waals surface area (Å²) in [5, 5.41) is 3.62. The zero-order valence-electron chi connectivity index (χ0n) is 12.4. The van der Waals surface area contributed by atoms with Gasteiger partial charge in [-0.05, 0) is 48.4 Å². The van der Waals surface area contributed by atoms with Crippen molar-refractivity contribution >= 4 is 11.8 Å². The molecule has 2 unspecified atom stereocenters. The fourth-order valence-electron chi connectivity index (χ4n) is 2.01. The Morgan fingerprint density at radius 1 is 1.00 bits per heavy atom. The molecule has 0 saturated carbocycles. The predicted octanol–water partition coefficient (Wildman–Crippen LogP) is 4.46. The maximum absolute atomic E-state index is 3.62. The molecule has 1 rings (SSSR count). The van der Waals surface area contributed by atoms with Crippen LogP contribution in [0.15, 0.2) is 24.3 Å². The van der Waals surface area contributed by atoms with E-state index < -0.39 is 0 Å². The van der Waals surface area contributed by atoms with Crippen molar-refractivity contribution in [3.8, 4) is 0 Å². The van der Waals surface area contributed by atoms with Crippen molar-refractivity contribution in [1.82, 2.24) is 5.32 Å². The second-order valence-corrected chi connectivity index (χ2v) is 6.42. The van der Waals surface area contributed by atoms with Crippen LogP contribution in [0.25, 0.3) is 0 Å². The van der Waals surface area contributed by atoms with Gasteiger partial charge in [0.25, 0.3) is 0 Å². The highest BCUT2D eigenvalue weighted by molar-refractivity contribution is 7.98. The first kappa shape index (κ1) is 15.6. The average Bonchev–Trinajstić information content (AvgIpc) is 2.36. The van der Waals surface area contributed by atoms with E-state index in [2.05, 4.69) is 63.5 Å². The molecule has 0 aliphatic carbocycles. The highest BCUT2D eigenvalue weighted by Gasteiger charge is 2.08. The van der Waals surface area contributed by atoms with Crippen LogP contribution in [0.3, 0.4) is 0 Å². The van der Waals surface area contributed by atoms with Crippen LogP contribution in [0.1, 0.15) is 50.8 Å². The number of thioether (sulfide) groups is 1. The third-order valence-electron chi connectivity index (χ3n) is 3.33. The molecule has 0 saturated heterocycles. The molecule has 0 heterocycles. The van der Waals surface area contributed by atoms with Crippen LogP contribution in [0.5, 0.6) is 0 Å². The smallest absolute Gasteiger partial charge is 0.0291 e. The highest BCUT2D eigenvalue weighted by Crippen LogP contribution is 2.18. The molecule has 1 aromatic rings. The second kappa shape index (κ2) is 7.85. The van der Waals surface area contributed by atoms with Crippen LogP contribution in [0, 0.1) is 5.92 Å². The Kier molecular flexibility index (Phi) is 6.80. The molecule has 0 spiro atoms. The topological polar surface area (TPSA) is 12.0 Å². The Balaban J connectivity index is 2.48. The van der Waals surface area contributed by atoms with E-state index in [0.29, 0.717) is 12.0 Å². The minimum atomic E-state index is 0.440. The zero-order valence-corrected chi connectivity index (χ0v) is 13.2. The molecule has 2 atom stereocenters. The number of nitrogens with one attached hydrogen (secondary N) is 1. The van der Waals surface area contributed by atoms with Crippen LogP contribution in [0.4, 0.5) is 0 Å². The lowest BCUT2D eigenvalue weighted by Crippen LogP contribution is -2.25. The molecule has 1 nitrogen and oxygen atoms in total. The Labute approximate surface area is 117 Å². The highest BCUT2D eigenvalue weighted by atomic mass is 32.2. The molecule has 0 aromatic heterocycles. The van der Waals surface area contributed by atoms with Crippen molar-refractivity contribution in [1.29, 1.82) is 0 Å². The maximum Gasteiger partial charge on any atom is 0.0291 e. The van der Waals surface area contributed by atoms with Gasteiger partial charge in [-0.25, -0.2) is 0 Å². The van der Waals surface area contributed by atoms with Crippen LogP contribution >= 0.6 is 11.8 Å². The molecule has 2 heteroatoms. The average molecular weight is 265 g/mol. The van der Waals surface area contributed by atoms with Gasteiger partial charge in [-0.3, -0.25) is 0 Å². The summed E-state index contributed by atoms with van der Waals surface area (Å²) in [5.41, 5.74) is 2.80. The van der Waals surface area contributed by atoms with Crippen molar-refractivity contribution in [3.63, 3.8) is 0 Å². The third-order valence-corrected chi connectivity index (χ3v) is 4.23. The number of benzene rings is 1. The molecular weight excluding hydrogens is 238 g/mol. The van der Waals surface area contributed by atoms with Crippen LogP contribution in [0.2, 0.25) is 0 Å². The molecule has 0 aliphatic heterocycles. The fourth-order valence-corrected chi connectivity index (χ4v) is 2.70.